The van der Waals surface area contributed by atoms with Crippen molar-refractivity contribution < 1.29 is 4.79 Å². The molecule has 1 aliphatic heterocycles. The second-order valence-electron chi connectivity index (χ2n) is 6.15. The highest BCUT2D eigenvalue weighted by Gasteiger charge is 2.17. The van der Waals surface area contributed by atoms with Crippen LogP contribution in [0, 0.1) is 0 Å². The summed E-state index contributed by atoms with van der Waals surface area (Å²) >= 11 is 6.08. The summed E-state index contributed by atoms with van der Waals surface area (Å²) in [6.07, 6.45) is 0. The maximum absolute atomic E-state index is 11.4. The molecule has 1 aliphatic rings. The molecule has 0 bridgehead atoms. The number of carbonyl (C=O) groups is 1. The van der Waals surface area contributed by atoms with Crippen LogP contribution >= 0.6 is 11.6 Å². The van der Waals surface area contributed by atoms with Gasteiger partial charge in [0.2, 0.25) is 0 Å². The lowest BCUT2D eigenvalue weighted by molar-refractivity contribution is 0.100. The molecule has 0 radical (unpaired) electrons. The molecule has 0 unspecified atom stereocenters. The average molecular weight is 359 g/mol. The molecular weight excluding hydrogens is 336 g/mol. The van der Waals surface area contributed by atoms with Crippen LogP contribution in [0.4, 0.5) is 11.4 Å². The molecular formula is C19H23ClN4O. The molecule has 5 nitrogen and oxygen atoms in total. The second-order valence-corrected chi connectivity index (χ2v) is 6.58. The van der Waals surface area contributed by atoms with Gasteiger partial charge in [-0.15, -0.1) is 0 Å². The summed E-state index contributed by atoms with van der Waals surface area (Å²) in [5.41, 5.74) is 7.92. The van der Waals surface area contributed by atoms with E-state index in [0.717, 1.165) is 50.0 Å². The number of hydrogen-bond acceptors (Lipinski definition) is 4. The van der Waals surface area contributed by atoms with Crippen molar-refractivity contribution in [3.63, 3.8) is 0 Å². The molecule has 6 heteroatoms. The maximum Gasteiger partial charge on any atom is 0.250 e. The third-order valence-electron chi connectivity index (χ3n) is 4.48. The molecule has 1 saturated heterocycles. The summed E-state index contributed by atoms with van der Waals surface area (Å²) < 4.78 is 0. The van der Waals surface area contributed by atoms with E-state index in [9.17, 15) is 4.79 Å². The molecule has 25 heavy (non-hydrogen) atoms. The molecule has 2 aromatic rings. The Labute approximate surface area is 153 Å². The van der Waals surface area contributed by atoms with Crippen LogP contribution in [-0.4, -0.2) is 50.1 Å². The monoisotopic (exact) mass is 358 g/mol. The lowest BCUT2D eigenvalue weighted by Gasteiger charge is -2.36. The highest BCUT2D eigenvalue weighted by atomic mass is 35.5. The van der Waals surface area contributed by atoms with E-state index in [1.165, 1.54) is 5.69 Å². The third kappa shape index (κ3) is 4.65. The number of halogens is 1. The van der Waals surface area contributed by atoms with Crippen LogP contribution in [0.2, 0.25) is 5.02 Å². The molecule has 0 saturated carbocycles. The van der Waals surface area contributed by atoms with Crippen LogP contribution in [0.15, 0.2) is 48.5 Å². The number of benzene rings is 2. The van der Waals surface area contributed by atoms with Crippen molar-refractivity contribution in [2.45, 2.75) is 0 Å². The predicted molar refractivity (Wildman–Crippen MR) is 104 cm³/mol. The zero-order valence-corrected chi connectivity index (χ0v) is 14.9. The molecule has 0 aromatic heterocycles. The molecule has 132 valence electrons. The summed E-state index contributed by atoms with van der Waals surface area (Å²) in [4.78, 5) is 16.2. The zero-order chi connectivity index (χ0) is 17.6. The standard InChI is InChI=1S/C19H23ClN4O/c20-15-4-3-5-16(14-15)24-12-10-23(11-13-24)9-8-22-18-7-2-1-6-17(18)19(21)25/h1-7,14,22H,8-13H2,(H2,21,25). The minimum Gasteiger partial charge on any atom is -0.383 e. The van der Waals surface area contributed by atoms with Gasteiger partial charge in [0, 0.05) is 55.7 Å². The van der Waals surface area contributed by atoms with E-state index in [-0.39, 0.29) is 0 Å². The number of carbonyl (C=O) groups excluding carboxylic acids is 1. The zero-order valence-electron chi connectivity index (χ0n) is 14.1. The molecule has 3 N–H and O–H groups in total. The summed E-state index contributed by atoms with van der Waals surface area (Å²) in [6, 6.07) is 15.4. The van der Waals surface area contributed by atoms with Crippen LogP contribution in [0.25, 0.3) is 0 Å². The van der Waals surface area contributed by atoms with Crippen molar-refractivity contribution in [2.24, 2.45) is 5.73 Å². The summed E-state index contributed by atoms with van der Waals surface area (Å²) in [7, 11) is 0. The lowest BCUT2D eigenvalue weighted by Crippen LogP contribution is -2.47. The minimum absolute atomic E-state index is 0.404. The van der Waals surface area contributed by atoms with Gasteiger partial charge in [-0.3, -0.25) is 9.69 Å². The summed E-state index contributed by atoms with van der Waals surface area (Å²) in [5, 5.41) is 4.09. The Bertz CT molecular complexity index is 729. The second kappa shape index (κ2) is 8.23. The van der Waals surface area contributed by atoms with Gasteiger partial charge in [-0.1, -0.05) is 29.8 Å². The highest BCUT2D eigenvalue weighted by Crippen LogP contribution is 2.20. The first kappa shape index (κ1) is 17.6. The first-order valence-corrected chi connectivity index (χ1v) is 8.87. The molecule has 0 atom stereocenters. The van der Waals surface area contributed by atoms with Crippen LogP contribution in [0.1, 0.15) is 10.4 Å². The lowest BCUT2D eigenvalue weighted by atomic mass is 10.1. The van der Waals surface area contributed by atoms with Crippen molar-refractivity contribution in [1.82, 2.24) is 4.90 Å². The van der Waals surface area contributed by atoms with Gasteiger partial charge in [-0.25, -0.2) is 0 Å². The topological polar surface area (TPSA) is 61.6 Å². The maximum atomic E-state index is 11.4. The molecule has 2 aromatic carbocycles. The van der Waals surface area contributed by atoms with Crippen LogP contribution in [0.3, 0.4) is 0 Å². The molecule has 0 aliphatic carbocycles. The Balaban J connectivity index is 1.46. The fourth-order valence-corrected chi connectivity index (χ4v) is 3.29. The molecule has 3 rings (SSSR count). The Hall–Kier alpha value is -2.24. The summed E-state index contributed by atoms with van der Waals surface area (Å²) in [5.74, 6) is -0.404. The average Bonchev–Trinajstić information content (AvgIpc) is 2.62. The number of nitrogens with zero attached hydrogens (tertiary/aromatic N) is 2. The number of hydrogen-bond donors (Lipinski definition) is 2. The Morgan fingerprint density at radius 2 is 1.84 bits per heavy atom. The molecule has 1 heterocycles. The Morgan fingerprint density at radius 3 is 2.56 bits per heavy atom. The van der Waals surface area contributed by atoms with Crippen LogP contribution in [-0.2, 0) is 0 Å². The molecule has 1 amide bonds. The van der Waals surface area contributed by atoms with Gasteiger partial charge in [-0.05, 0) is 30.3 Å². The number of nitrogens with two attached hydrogens (primary N) is 1. The normalized spacial score (nSPS) is 15.2. The van der Waals surface area contributed by atoms with Crippen molar-refractivity contribution in [2.75, 3.05) is 49.5 Å². The van der Waals surface area contributed by atoms with E-state index < -0.39 is 5.91 Å². The van der Waals surface area contributed by atoms with E-state index in [2.05, 4.69) is 21.2 Å². The van der Waals surface area contributed by atoms with E-state index in [0.29, 0.717) is 5.56 Å². The number of primary amides is 1. The number of amides is 1. The van der Waals surface area contributed by atoms with E-state index in [1.807, 2.05) is 36.4 Å². The highest BCUT2D eigenvalue weighted by molar-refractivity contribution is 6.30. The molecule has 0 spiro atoms. The Kier molecular flexibility index (Phi) is 5.79. The van der Waals surface area contributed by atoms with Gasteiger partial charge in [0.25, 0.3) is 5.91 Å². The van der Waals surface area contributed by atoms with Crippen molar-refractivity contribution in [1.29, 1.82) is 0 Å². The predicted octanol–water partition coefficient (Wildman–Crippen LogP) is 2.67. The van der Waals surface area contributed by atoms with Gasteiger partial charge in [0.05, 0.1) is 5.56 Å². The number of para-hydroxylation sites is 1. The quantitative estimate of drug-likeness (QED) is 0.833. The fourth-order valence-electron chi connectivity index (χ4n) is 3.10. The van der Waals surface area contributed by atoms with E-state index >= 15 is 0 Å². The van der Waals surface area contributed by atoms with Gasteiger partial charge >= 0.3 is 0 Å². The van der Waals surface area contributed by atoms with Crippen molar-refractivity contribution in [3.8, 4) is 0 Å². The number of nitrogens with one attached hydrogen (secondary N) is 1. The fraction of sp³-hybridized carbons (Fsp3) is 0.316. The van der Waals surface area contributed by atoms with Crippen LogP contribution < -0.4 is 16.0 Å². The van der Waals surface area contributed by atoms with Crippen LogP contribution in [0.5, 0.6) is 0 Å². The van der Waals surface area contributed by atoms with Gasteiger partial charge in [-0.2, -0.15) is 0 Å². The SMILES string of the molecule is NC(=O)c1ccccc1NCCN1CCN(c2cccc(Cl)c2)CC1. The third-order valence-corrected chi connectivity index (χ3v) is 4.72. The molecule has 1 fully saturated rings. The first-order chi connectivity index (χ1) is 12.1. The van der Waals surface area contributed by atoms with Gasteiger partial charge in [0.1, 0.15) is 0 Å². The van der Waals surface area contributed by atoms with Gasteiger partial charge in [0.15, 0.2) is 0 Å². The van der Waals surface area contributed by atoms with Crippen molar-refractivity contribution in [3.05, 3.63) is 59.1 Å². The van der Waals surface area contributed by atoms with Crippen molar-refractivity contribution >= 4 is 28.9 Å². The van der Waals surface area contributed by atoms with Gasteiger partial charge < -0.3 is 16.0 Å². The summed E-state index contributed by atoms with van der Waals surface area (Å²) in [6.45, 7) is 5.69. The van der Waals surface area contributed by atoms with E-state index in [1.54, 1.807) is 6.07 Å². The number of rotatable bonds is 6. The number of piperazine rings is 1. The minimum atomic E-state index is -0.404. The first-order valence-electron chi connectivity index (χ1n) is 8.49. The van der Waals surface area contributed by atoms with E-state index in [4.69, 9.17) is 17.3 Å². The smallest absolute Gasteiger partial charge is 0.250 e. The largest absolute Gasteiger partial charge is 0.383 e. The number of anilines is 2. The Morgan fingerprint density at radius 1 is 1.08 bits per heavy atom.